The van der Waals surface area contributed by atoms with Crippen LogP contribution in [0.5, 0.6) is 5.75 Å². The lowest BCUT2D eigenvalue weighted by Crippen LogP contribution is -2.48. The Kier molecular flexibility index (Phi) is 5.32. The second-order valence-electron chi connectivity index (χ2n) is 6.65. The van der Waals surface area contributed by atoms with E-state index in [0.717, 1.165) is 10.7 Å². The smallest absolute Gasteiger partial charge is 0.262 e. The maximum atomic E-state index is 13.1. The van der Waals surface area contributed by atoms with Crippen LogP contribution in [0, 0.1) is 6.92 Å². The number of fused-ring (bicyclic) bond motifs is 1. The predicted molar refractivity (Wildman–Crippen MR) is 106 cm³/mol. The van der Waals surface area contributed by atoms with Gasteiger partial charge >= 0.3 is 0 Å². The number of sulfonamides is 1. The largest absolute Gasteiger partial charge is 0.482 e. The molecule has 2 aromatic rings. The van der Waals surface area contributed by atoms with E-state index in [1.165, 1.54) is 16.4 Å². The SMILES string of the molecule is Cc1nc(CN2CCN(S(=O)(=O)c3cc4c(cc3Cl)NC(=O)CO4)CC2)cs1. The quantitative estimate of drug-likeness (QED) is 0.778. The van der Waals surface area contributed by atoms with Crippen LogP contribution in [0.25, 0.3) is 0 Å². The lowest BCUT2D eigenvalue weighted by molar-refractivity contribution is -0.118. The fourth-order valence-corrected chi connectivity index (χ4v) is 5.80. The second kappa shape index (κ2) is 7.60. The number of hydrogen-bond acceptors (Lipinski definition) is 7. The third-order valence-electron chi connectivity index (χ3n) is 4.67. The van der Waals surface area contributed by atoms with Gasteiger partial charge in [0.15, 0.2) is 6.61 Å². The van der Waals surface area contributed by atoms with Crippen molar-refractivity contribution in [2.45, 2.75) is 18.4 Å². The van der Waals surface area contributed by atoms with E-state index < -0.39 is 10.0 Å². The molecule has 1 amide bonds. The molecule has 0 saturated carbocycles. The number of aryl methyl sites for hydroxylation is 1. The van der Waals surface area contributed by atoms with Crippen LogP contribution in [-0.2, 0) is 21.4 Å². The van der Waals surface area contributed by atoms with Crippen molar-refractivity contribution in [2.75, 3.05) is 38.1 Å². The van der Waals surface area contributed by atoms with Crippen molar-refractivity contribution in [1.29, 1.82) is 0 Å². The molecule has 0 bridgehead atoms. The highest BCUT2D eigenvalue weighted by Gasteiger charge is 2.32. The molecule has 0 atom stereocenters. The molecule has 1 saturated heterocycles. The minimum atomic E-state index is -3.76. The van der Waals surface area contributed by atoms with Crippen molar-refractivity contribution in [1.82, 2.24) is 14.2 Å². The lowest BCUT2D eigenvalue weighted by Gasteiger charge is -2.34. The van der Waals surface area contributed by atoms with Gasteiger partial charge in [-0.05, 0) is 13.0 Å². The number of aromatic nitrogens is 1. The summed E-state index contributed by atoms with van der Waals surface area (Å²) >= 11 is 7.83. The lowest BCUT2D eigenvalue weighted by atomic mass is 10.2. The predicted octanol–water partition coefficient (Wildman–Crippen LogP) is 1.94. The Hall–Kier alpha value is -1.72. The zero-order valence-electron chi connectivity index (χ0n) is 15.1. The summed E-state index contributed by atoms with van der Waals surface area (Å²) in [6.45, 7) is 4.51. The molecule has 3 heterocycles. The van der Waals surface area contributed by atoms with E-state index in [1.807, 2.05) is 12.3 Å². The molecule has 0 radical (unpaired) electrons. The Morgan fingerprint density at radius 2 is 2.04 bits per heavy atom. The molecule has 1 fully saturated rings. The number of rotatable bonds is 4. The number of nitrogens with one attached hydrogen (secondary N) is 1. The van der Waals surface area contributed by atoms with E-state index >= 15 is 0 Å². The van der Waals surface area contributed by atoms with E-state index in [0.29, 0.717) is 44.2 Å². The molecule has 11 heteroatoms. The van der Waals surface area contributed by atoms with E-state index in [-0.39, 0.29) is 22.4 Å². The average Bonchev–Trinajstić information content (AvgIpc) is 3.06. The Labute approximate surface area is 172 Å². The van der Waals surface area contributed by atoms with Gasteiger partial charge in [0, 0.05) is 44.2 Å². The average molecular weight is 443 g/mol. The van der Waals surface area contributed by atoms with Crippen molar-refractivity contribution in [3.05, 3.63) is 33.2 Å². The van der Waals surface area contributed by atoms with Crippen LogP contribution in [0.4, 0.5) is 5.69 Å². The van der Waals surface area contributed by atoms with Crippen LogP contribution in [0.15, 0.2) is 22.4 Å². The number of benzene rings is 1. The Balaban J connectivity index is 1.48. The summed E-state index contributed by atoms with van der Waals surface area (Å²) in [5.74, 6) is 0.00529. The third kappa shape index (κ3) is 3.87. The fourth-order valence-electron chi connectivity index (χ4n) is 3.26. The summed E-state index contributed by atoms with van der Waals surface area (Å²) < 4.78 is 33.0. The third-order valence-corrected chi connectivity index (χ3v) is 7.85. The zero-order valence-corrected chi connectivity index (χ0v) is 17.5. The van der Waals surface area contributed by atoms with Gasteiger partial charge in [-0.15, -0.1) is 11.3 Å². The molecule has 0 spiro atoms. The molecule has 1 aromatic heterocycles. The van der Waals surface area contributed by atoms with Crippen molar-refractivity contribution < 1.29 is 17.9 Å². The van der Waals surface area contributed by atoms with Gasteiger partial charge in [0.2, 0.25) is 10.0 Å². The van der Waals surface area contributed by atoms with Crippen molar-refractivity contribution >= 4 is 44.6 Å². The number of ether oxygens (including phenoxy) is 1. The standard InChI is InChI=1S/C17H19ClN4O4S2/c1-11-19-12(10-27-11)8-21-2-4-22(5-3-21)28(24,25)16-7-15-14(6-13(16)18)20-17(23)9-26-15/h6-7,10H,2-5,8-9H2,1H3,(H,20,23). The number of carbonyl (C=O) groups is 1. The van der Waals surface area contributed by atoms with Crippen molar-refractivity contribution in [2.24, 2.45) is 0 Å². The van der Waals surface area contributed by atoms with Crippen molar-refractivity contribution in [3.8, 4) is 5.75 Å². The Bertz CT molecular complexity index is 1020. The van der Waals surface area contributed by atoms with E-state index in [2.05, 4.69) is 15.2 Å². The molecule has 0 unspecified atom stereocenters. The van der Waals surface area contributed by atoms with E-state index in [1.54, 1.807) is 11.3 Å². The fraction of sp³-hybridized carbons (Fsp3) is 0.412. The highest BCUT2D eigenvalue weighted by molar-refractivity contribution is 7.89. The van der Waals surface area contributed by atoms with E-state index in [9.17, 15) is 13.2 Å². The van der Waals surface area contributed by atoms with Gasteiger partial charge in [0.1, 0.15) is 10.6 Å². The van der Waals surface area contributed by atoms with Gasteiger partial charge in [-0.3, -0.25) is 9.69 Å². The zero-order chi connectivity index (χ0) is 19.9. The first-order valence-electron chi connectivity index (χ1n) is 8.72. The number of hydrogen-bond donors (Lipinski definition) is 1. The van der Waals surface area contributed by atoms with E-state index in [4.69, 9.17) is 16.3 Å². The number of carbonyl (C=O) groups excluding carboxylic acids is 1. The molecule has 150 valence electrons. The first kappa shape index (κ1) is 19.6. The Morgan fingerprint density at radius 1 is 1.29 bits per heavy atom. The van der Waals surface area contributed by atoms with Crippen LogP contribution < -0.4 is 10.1 Å². The van der Waals surface area contributed by atoms with Gasteiger partial charge in [-0.25, -0.2) is 13.4 Å². The van der Waals surface area contributed by atoms with Crippen LogP contribution in [-0.4, -0.2) is 61.3 Å². The first-order chi connectivity index (χ1) is 13.3. The van der Waals surface area contributed by atoms with Crippen LogP contribution in [0.3, 0.4) is 0 Å². The highest BCUT2D eigenvalue weighted by atomic mass is 35.5. The second-order valence-corrected chi connectivity index (χ2v) is 10.0. The normalized spacial score (nSPS) is 18.4. The van der Waals surface area contributed by atoms with Gasteiger partial charge in [-0.2, -0.15) is 4.31 Å². The summed E-state index contributed by atoms with van der Waals surface area (Å²) in [6, 6.07) is 2.80. The summed E-state index contributed by atoms with van der Waals surface area (Å²) in [7, 11) is -3.76. The summed E-state index contributed by atoms with van der Waals surface area (Å²) in [6.07, 6.45) is 0. The number of anilines is 1. The molecular formula is C17H19ClN4O4S2. The Morgan fingerprint density at radius 3 is 2.71 bits per heavy atom. The summed E-state index contributed by atoms with van der Waals surface area (Å²) in [5.41, 5.74) is 1.39. The van der Waals surface area contributed by atoms with Crippen LogP contribution >= 0.6 is 22.9 Å². The maximum Gasteiger partial charge on any atom is 0.262 e. The number of nitrogens with zero attached hydrogens (tertiary/aromatic N) is 3. The molecule has 2 aliphatic heterocycles. The molecule has 2 aliphatic rings. The minimum absolute atomic E-state index is 0.00681. The van der Waals surface area contributed by atoms with Crippen molar-refractivity contribution in [3.63, 3.8) is 0 Å². The first-order valence-corrected chi connectivity index (χ1v) is 11.4. The topological polar surface area (TPSA) is 91.8 Å². The van der Waals surface area contributed by atoms with Gasteiger partial charge in [-0.1, -0.05) is 11.6 Å². The highest BCUT2D eigenvalue weighted by Crippen LogP contribution is 2.37. The summed E-state index contributed by atoms with van der Waals surface area (Å²) in [5, 5.41) is 5.74. The molecule has 0 aliphatic carbocycles. The number of amides is 1. The molecule has 28 heavy (non-hydrogen) atoms. The minimum Gasteiger partial charge on any atom is -0.482 e. The molecule has 1 aromatic carbocycles. The molecular weight excluding hydrogens is 424 g/mol. The molecule has 4 rings (SSSR count). The van der Waals surface area contributed by atoms with Crippen LogP contribution in [0.1, 0.15) is 10.7 Å². The maximum absolute atomic E-state index is 13.1. The number of thiazole rings is 1. The van der Waals surface area contributed by atoms with Gasteiger partial charge < -0.3 is 10.1 Å². The molecule has 1 N–H and O–H groups in total. The number of halogens is 1. The molecule has 8 nitrogen and oxygen atoms in total. The number of piperazine rings is 1. The van der Waals surface area contributed by atoms with Gasteiger partial charge in [0.05, 0.1) is 21.4 Å². The van der Waals surface area contributed by atoms with Crippen LogP contribution in [0.2, 0.25) is 5.02 Å². The summed E-state index contributed by atoms with van der Waals surface area (Å²) in [4.78, 5) is 18.1. The monoisotopic (exact) mass is 442 g/mol. The van der Waals surface area contributed by atoms with Gasteiger partial charge in [0.25, 0.3) is 5.91 Å².